The maximum Gasteiger partial charge on any atom is 0.508 e. The maximum absolute atomic E-state index is 11.0. The summed E-state index contributed by atoms with van der Waals surface area (Å²) in [4.78, 5) is 21.9. The Bertz CT molecular complexity index is 425. The molecule has 0 fully saturated rings. The summed E-state index contributed by atoms with van der Waals surface area (Å²) in [6.45, 7) is 3.29. The fourth-order valence-corrected chi connectivity index (χ4v) is 1.16. The third-order valence-electron chi connectivity index (χ3n) is 1.91. The van der Waals surface area contributed by atoms with Crippen LogP contribution in [0.5, 0.6) is 0 Å². The quantitative estimate of drug-likeness (QED) is 0.626. The van der Waals surface area contributed by atoms with Crippen LogP contribution in [-0.2, 0) is 16.1 Å². The Morgan fingerprint density at radius 2 is 2.00 bits per heavy atom. The van der Waals surface area contributed by atoms with Gasteiger partial charge in [0.2, 0.25) is 0 Å². The Hall–Kier alpha value is -2.30. The van der Waals surface area contributed by atoms with Crippen molar-refractivity contribution in [2.75, 3.05) is 6.61 Å². The minimum Gasteiger partial charge on any atom is -0.478 e. The van der Waals surface area contributed by atoms with Crippen LogP contribution in [0.4, 0.5) is 4.79 Å². The number of benzene rings is 1. The predicted molar refractivity (Wildman–Crippen MR) is 59.7 cm³/mol. The molecule has 0 heterocycles. The molecule has 0 atom stereocenters. The summed E-state index contributed by atoms with van der Waals surface area (Å²) in [5.74, 6) is -1.07. The molecule has 0 unspecified atom stereocenters. The van der Waals surface area contributed by atoms with Crippen LogP contribution < -0.4 is 0 Å². The van der Waals surface area contributed by atoms with Crippen LogP contribution in [-0.4, -0.2) is 23.8 Å². The first kappa shape index (κ1) is 12.8. The highest BCUT2D eigenvalue weighted by Crippen LogP contribution is 2.10. The van der Waals surface area contributed by atoms with Gasteiger partial charge in [0, 0.05) is 5.56 Å². The summed E-state index contributed by atoms with van der Waals surface area (Å²) in [5.41, 5.74) is 0.513. The Balaban J connectivity index is 2.60. The Morgan fingerprint density at radius 1 is 1.29 bits per heavy atom. The molecular formula is C12H12O5. The number of carbonyl (C=O) groups is 2. The highest BCUT2D eigenvalue weighted by molar-refractivity contribution is 5.89. The summed E-state index contributed by atoms with van der Waals surface area (Å²) < 4.78 is 9.34. The van der Waals surface area contributed by atoms with Crippen LogP contribution >= 0.6 is 0 Å². The molecule has 1 aromatic rings. The first-order valence-electron chi connectivity index (χ1n) is 4.86. The van der Waals surface area contributed by atoms with Gasteiger partial charge in [0.15, 0.2) is 0 Å². The van der Waals surface area contributed by atoms with Crippen molar-refractivity contribution in [3.8, 4) is 0 Å². The number of aromatic carboxylic acids is 1. The third kappa shape index (κ3) is 3.98. The molecule has 1 rings (SSSR count). The molecule has 0 aliphatic rings. The SMILES string of the molecule is C=CCOC(=O)OCc1ccccc1C(=O)O. The number of rotatable bonds is 5. The van der Waals surface area contributed by atoms with E-state index in [-0.39, 0.29) is 18.8 Å². The van der Waals surface area contributed by atoms with Gasteiger partial charge in [-0.15, -0.1) is 0 Å². The summed E-state index contributed by atoms with van der Waals surface area (Å²) in [6, 6.07) is 6.28. The minimum atomic E-state index is -1.07. The Labute approximate surface area is 98.3 Å². The molecule has 90 valence electrons. The number of hydrogen-bond donors (Lipinski definition) is 1. The van der Waals surface area contributed by atoms with Gasteiger partial charge in [-0.25, -0.2) is 9.59 Å². The second-order valence-electron chi connectivity index (χ2n) is 3.10. The number of hydrogen-bond acceptors (Lipinski definition) is 4. The zero-order valence-corrected chi connectivity index (χ0v) is 9.09. The first-order valence-corrected chi connectivity index (χ1v) is 4.86. The molecule has 0 bridgehead atoms. The van der Waals surface area contributed by atoms with Crippen molar-refractivity contribution in [2.24, 2.45) is 0 Å². The third-order valence-corrected chi connectivity index (χ3v) is 1.91. The average molecular weight is 236 g/mol. The van der Waals surface area contributed by atoms with Gasteiger partial charge < -0.3 is 14.6 Å². The molecule has 5 heteroatoms. The first-order chi connectivity index (χ1) is 8.15. The summed E-state index contributed by atoms with van der Waals surface area (Å²) >= 11 is 0. The summed E-state index contributed by atoms with van der Waals surface area (Å²) in [7, 11) is 0. The molecule has 5 nitrogen and oxygen atoms in total. The second kappa shape index (κ2) is 6.32. The molecule has 0 saturated carbocycles. The monoisotopic (exact) mass is 236 g/mol. The van der Waals surface area contributed by atoms with E-state index in [4.69, 9.17) is 9.84 Å². The van der Waals surface area contributed by atoms with Gasteiger partial charge in [0.1, 0.15) is 13.2 Å². The van der Waals surface area contributed by atoms with E-state index in [0.717, 1.165) is 0 Å². The van der Waals surface area contributed by atoms with E-state index in [0.29, 0.717) is 5.56 Å². The van der Waals surface area contributed by atoms with Gasteiger partial charge in [0.05, 0.1) is 5.56 Å². The van der Waals surface area contributed by atoms with Crippen molar-refractivity contribution in [3.63, 3.8) is 0 Å². The lowest BCUT2D eigenvalue weighted by molar-refractivity contribution is 0.0558. The topological polar surface area (TPSA) is 72.8 Å². The van der Waals surface area contributed by atoms with Crippen molar-refractivity contribution in [1.82, 2.24) is 0 Å². The van der Waals surface area contributed by atoms with E-state index in [2.05, 4.69) is 11.3 Å². The zero-order chi connectivity index (χ0) is 12.7. The van der Waals surface area contributed by atoms with E-state index in [1.807, 2.05) is 0 Å². The van der Waals surface area contributed by atoms with Gasteiger partial charge in [-0.3, -0.25) is 0 Å². The largest absolute Gasteiger partial charge is 0.508 e. The van der Waals surface area contributed by atoms with E-state index in [1.165, 1.54) is 12.1 Å². The molecule has 0 aliphatic carbocycles. The Morgan fingerprint density at radius 3 is 2.65 bits per heavy atom. The zero-order valence-electron chi connectivity index (χ0n) is 9.09. The molecule has 0 aromatic heterocycles. The lowest BCUT2D eigenvalue weighted by atomic mass is 10.1. The highest BCUT2D eigenvalue weighted by atomic mass is 16.7. The molecule has 0 spiro atoms. The van der Waals surface area contributed by atoms with Crippen LogP contribution in [0.2, 0.25) is 0 Å². The lowest BCUT2D eigenvalue weighted by Crippen LogP contribution is -2.10. The van der Waals surface area contributed by atoms with Crippen molar-refractivity contribution in [3.05, 3.63) is 48.0 Å². The minimum absolute atomic E-state index is 0.0550. The molecule has 0 radical (unpaired) electrons. The smallest absolute Gasteiger partial charge is 0.478 e. The molecule has 0 saturated heterocycles. The van der Waals surface area contributed by atoms with Gasteiger partial charge in [-0.1, -0.05) is 30.9 Å². The second-order valence-corrected chi connectivity index (χ2v) is 3.10. The highest BCUT2D eigenvalue weighted by Gasteiger charge is 2.11. The average Bonchev–Trinajstić information content (AvgIpc) is 2.34. The van der Waals surface area contributed by atoms with Crippen LogP contribution in [0.15, 0.2) is 36.9 Å². The van der Waals surface area contributed by atoms with E-state index < -0.39 is 12.1 Å². The lowest BCUT2D eigenvalue weighted by Gasteiger charge is -2.07. The van der Waals surface area contributed by atoms with Crippen molar-refractivity contribution >= 4 is 12.1 Å². The summed E-state index contributed by atoms with van der Waals surface area (Å²) in [5, 5.41) is 8.89. The van der Waals surface area contributed by atoms with Crippen LogP contribution in [0.25, 0.3) is 0 Å². The molecule has 0 aliphatic heterocycles. The van der Waals surface area contributed by atoms with Crippen LogP contribution in [0.1, 0.15) is 15.9 Å². The van der Waals surface area contributed by atoms with E-state index >= 15 is 0 Å². The molecular weight excluding hydrogens is 224 g/mol. The number of ether oxygens (including phenoxy) is 2. The van der Waals surface area contributed by atoms with Crippen molar-refractivity contribution < 1.29 is 24.2 Å². The number of carbonyl (C=O) groups excluding carboxylic acids is 1. The molecule has 1 N–H and O–H groups in total. The predicted octanol–water partition coefficient (Wildman–Crippen LogP) is 2.22. The van der Waals surface area contributed by atoms with E-state index in [1.54, 1.807) is 18.2 Å². The van der Waals surface area contributed by atoms with Gasteiger partial charge in [0.25, 0.3) is 0 Å². The maximum atomic E-state index is 11.0. The molecule has 0 amide bonds. The summed E-state index contributed by atoms with van der Waals surface area (Å²) in [6.07, 6.45) is 0.553. The van der Waals surface area contributed by atoms with Crippen molar-refractivity contribution in [1.29, 1.82) is 0 Å². The standard InChI is InChI=1S/C12H12O5/c1-2-7-16-12(15)17-8-9-5-3-4-6-10(9)11(13)14/h2-6H,1,7-8H2,(H,13,14). The van der Waals surface area contributed by atoms with Crippen LogP contribution in [0.3, 0.4) is 0 Å². The fraction of sp³-hybridized carbons (Fsp3) is 0.167. The van der Waals surface area contributed by atoms with Gasteiger partial charge in [-0.05, 0) is 6.07 Å². The van der Waals surface area contributed by atoms with Crippen molar-refractivity contribution in [2.45, 2.75) is 6.61 Å². The van der Waals surface area contributed by atoms with E-state index in [9.17, 15) is 9.59 Å². The van der Waals surface area contributed by atoms with Crippen LogP contribution in [0, 0.1) is 0 Å². The van der Waals surface area contributed by atoms with Gasteiger partial charge in [-0.2, -0.15) is 0 Å². The fourth-order valence-electron chi connectivity index (χ4n) is 1.16. The Kier molecular flexibility index (Phi) is 4.75. The molecule has 17 heavy (non-hydrogen) atoms. The normalized spacial score (nSPS) is 9.41. The number of carboxylic acids is 1. The number of carboxylic acid groups (broad SMARTS) is 1. The van der Waals surface area contributed by atoms with Gasteiger partial charge >= 0.3 is 12.1 Å². The molecule has 1 aromatic carbocycles.